The fraction of sp³-hybridized carbons (Fsp3) is 0.273. The summed E-state index contributed by atoms with van der Waals surface area (Å²) in [5.41, 5.74) is 2.41. The highest BCUT2D eigenvalue weighted by Crippen LogP contribution is 2.30. The lowest BCUT2D eigenvalue weighted by Gasteiger charge is -2.15. The molecule has 0 fully saturated rings. The Balaban J connectivity index is 1.88. The third-order valence-corrected chi connectivity index (χ3v) is 4.71. The van der Waals surface area contributed by atoms with Gasteiger partial charge in [0.15, 0.2) is 0 Å². The predicted octanol–water partition coefficient (Wildman–Crippen LogP) is 5.05. The Kier molecular flexibility index (Phi) is 7.43. The van der Waals surface area contributed by atoms with Crippen molar-refractivity contribution >= 4 is 29.1 Å². The van der Waals surface area contributed by atoms with E-state index >= 15 is 0 Å². The predicted molar refractivity (Wildman–Crippen MR) is 120 cm³/mol. The van der Waals surface area contributed by atoms with Crippen LogP contribution in [0.25, 0.3) is 11.1 Å². The number of ether oxygens (including phenoxy) is 1. The number of anilines is 3. The Bertz CT molecular complexity index is 999. The maximum absolute atomic E-state index is 13.4. The second-order valence-electron chi connectivity index (χ2n) is 7.03. The number of rotatable bonds is 9. The molecule has 1 heterocycles. The van der Waals surface area contributed by atoms with Crippen molar-refractivity contribution in [1.29, 1.82) is 0 Å². The van der Waals surface area contributed by atoms with Gasteiger partial charge in [0.05, 0.1) is 12.1 Å². The Morgan fingerprint density at radius 3 is 2.73 bits per heavy atom. The minimum Gasteiger partial charge on any atom is -0.497 e. The van der Waals surface area contributed by atoms with Crippen molar-refractivity contribution in [2.24, 2.45) is 0 Å². The molecule has 0 bridgehead atoms. The van der Waals surface area contributed by atoms with Crippen molar-refractivity contribution < 1.29 is 9.13 Å². The SMILES string of the molecule is COc1cccc(-c2cnc(Nc3ccc(F)c(Cl)c3)nc2NCCCN(C)C)c1. The first-order valence-electron chi connectivity index (χ1n) is 9.58. The fourth-order valence-electron chi connectivity index (χ4n) is 2.88. The van der Waals surface area contributed by atoms with E-state index in [-0.39, 0.29) is 5.02 Å². The lowest BCUT2D eigenvalue weighted by Crippen LogP contribution is -2.17. The molecule has 1 aromatic heterocycles. The summed E-state index contributed by atoms with van der Waals surface area (Å²) in [7, 11) is 5.72. The van der Waals surface area contributed by atoms with Crippen LogP contribution >= 0.6 is 11.6 Å². The molecule has 3 rings (SSSR count). The van der Waals surface area contributed by atoms with Crippen LogP contribution in [0.1, 0.15) is 6.42 Å². The molecular weight excluding hydrogens is 405 g/mol. The van der Waals surface area contributed by atoms with Crippen LogP contribution in [0.15, 0.2) is 48.7 Å². The van der Waals surface area contributed by atoms with Gasteiger partial charge < -0.3 is 20.3 Å². The van der Waals surface area contributed by atoms with E-state index in [0.717, 1.165) is 36.4 Å². The number of halogens is 2. The molecule has 8 heteroatoms. The number of nitrogens with zero attached hydrogens (tertiary/aromatic N) is 3. The minimum absolute atomic E-state index is 0.0371. The van der Waals surface area contributed by atoms with Gasteiger partial charge in [0, 0.05) is 24.0 Å². The molecule has 0 saturated heterocycles. The maximum atomic E-state index is 13.4. The van der Waals surface area contributed by atoms with Crippen LogP contribution in [0.5, 0.6) is 5.75 Å². The van der Waals surface area contributed by atoms with Crippen molar-refractivity contribution in [3.05, 3.63) is 59.5 Å². The molecule has 0 aliphatic rings. The van der Waals surface area contributed by atoms with Crippen LogP contribution < -0.4 is 15.4 Å². The highest BCUT2D eigenvalue weighted by Gasteiger charge is 2.11. The van der Waals surface area contributed by atoms with Crippen molar-refractivity contribution in [1.82, 2.24) is 14.9 Å². The van der Waals surface area contributed by atoms with E-state index in [9.17, 15) is 4.39 Å². The minimum atomic E-state index is -0.472. The first kappa shape index (κ1) is 21.8. The average Bonchev–Trinajstić information content (AvgIpc) is 2.74. The second-order valence-corrected chi connectivity index (χ2v) is 7.43. The Labute approximate surface area is 181 Å². The van der Waals surface area contributed by atoms with E-state index in [2.05, 4.69) is 25.5 Å². The van der Waals surface area contributed by atoms with Crippen LogP contribution in [-0.2, 0) is 0 Å². The van der Waals surface area contributed by atoms with Crippen LogP contribution in [0.3, 0.4) is 0 Å². The number of methoxy groups -OCH3 is 1. The van der Waals surface area contributed by atoms with E-state index < -0.39 is 5.82 Å². The molecule has 158 valence electrons. The van der Waals surface area contributed by atoms with Gasteiger partial charge in [-0.05, 0) is 63.0 Å². The molecule has 0 saturated carbocycles. The summed E-state index contributed by atoms with van der Waals surface area (Å²) in [6, 6.07) is 12.1. The molecule has 0 amide bonds. The van der Waals surface area contributed by atoms with Gasteiger partial charge in [-0.1, -0.05) is 23.7 Å². The standard InChI is InChI=1S/C22H25ClFN5O/c1-29(2)11-5-10-25-21-18(15-6-4-7-17(12-15)30-3)14-26-22(28-21)27-16-8-9-20(24)19(23)13-16/h4,6-9,12-14H,5,10-11H2,1-3H3,(H2,25,26,27,28). The molecule has 2 N–H and O–H groups in total. The molecule has 6 nitrogen and oxygen atoms in total. The first-order chi connectivity index (χ1) is 14.5. The zero-order chi connectivity index (χ0) is 21.5. The monoisotopic (exact) mass is 429 g/mol. The first-order valence-corrected chi connectivity index (χ1v) is 9.96. The molecule has 2 aromatic carbocycles. The topological polar surface area (TPSA) is 62.3 Å². The molecule has 0 radical (unpaired) electrons. The average molecular weight is 430 g/mol. The third-order valence-electron chi connectivity index (χ3n) is 4.42. The summed E-state index contributed by atoms with van der Waals surface area (Å²) in [5, 5.41) is 6.52. The number of aromatic nitrogens is 2. The molecule has 0 spiro atoms. The maximum Gasteiger partial charge on any atom is 0.229 e. The summed E-state index contributed by atoms with van der Waals surface area (Å²) in [6.45, 7) is 1.72. The Hall–Kier alpha value is -2.90. The second kappa shape index (κ2) is 10.2. The summed E-state index contributed by atoms with van der Waals surface area (Å²) in [5.74, 6) is 1.38. The van der Waals surface area contributed by atoms with Gasteiger partial charge in [-0.2, -0.15) is 4.98 Å². The van der Waals surface area contributed by atoms with Gasteiger partial charge in [-0.3, -0.25) is 0 Å². The quantitative estimate of drug-likeness (QED) is 0.464. The van der Waals surface area contributed by atoms with E-state index in [0.29, 0.717) is 17.5 Å². The summed E-state index contributed by atoms with van der Waals surface area (Å²) < 4.78 is 18.8. The van der Waals surface area contributed by atoms with Gasteiger partial charge in [-0.15, -0.1) is 0 Å². The zero-order valence-electron chi connectivity index (χ0n) is 17.2. The molecule has 0 atom stereocenters. The van der Waals surface area contributed by atoms with Crippen LogP contribution in [0.2, 0.25) is 5.02 Å². The van der Waals surface area contributed by atoms with Gasteiger partial charge in [0.25, 0.3) is 0 Å². The van der Waals surface area contributed by atoms with Crippen LogP contribution in [0, 0.1) is 5.82 Å². The van der Waals surface area contributed by atoms with Crippen molar-refractivity contribution in [2.45, 2.75) is 6.42 Å². The smallest absolute Gasteiger partial charge is 0.229 e. The summed E-state index contributed by atoms with van der Waals surface area (Å²) in [6.07, 6.45) is 2.72. The van der Waals surface area contributed by atoms with Crippen molar-refractivity contribution in [3.63, 3.8) is 0 Å². The van der Waals surface area contributed by atoms with E-state index in [1.54, 1.807) is 19.4 Å². The number of nitrogens with one attached hydrogen (secondary N) is 2. The van der Waals surface area contributed by atoms with E-state index in [1.165, 1.54) is 12.1 Å². The number of hydrogen-bond donors (Lipinski definition) is 2. The molecule has 0 aliphatic carbocycles. The Morgan fingerprint density at radius 2 is 2.00 bits per heavy atom. The van der Waals surface area contributed by atoms with Gasteiger partial charge in [0.2, 0.25) is 5.95 Å². The molecule has 3 aromatic rings. The fourth-order valence-corrected chi connectivity index (χ4v) is 3.06. The molecule has 0 aliphatic heterocycles. The van der Waals surface area contributed by atoms with Gasteiger partial charge >= 0.3 is 0 Å². The van der Waals surface area contributed by atoms with Gasteiger partial charge in [-0.25, -0.2) is 9.37 Å². The highest BCUT2D eigenvalue weighted by atomic mass is 35.5. The molecular formula is C22H25ClFN5O. The van der Waals surface area contributed by atoms with E-state index in [4.69, 9.17) is 16.3 Å². The molecule has 0 unspecified atom stereocenters. The normalized spacial score (nSPS) is 10.9. The number of hydrogen-bond acceptors (Lipinski definition) is 6. The lowest BCUT2D eigenvalue weighted by atomic mass is 10.1. The summed E-state index contributed by atoms with van der Waals surface area (Å²) >= 11 is 5.87. The van der Waals surface area contributed by atoms with Crippen LogP contribution in [0.4, 0.5) is 21.8 Å². The zero-order valence-corrected chi connectivity index (χ0v) is 18.0. The Morgan fingerprint density at radius 1 is 1.17 bits per heavy atom. The van der Waals surface area contributed by atoms with Crippen molar-refractivity contribution in [3.8, 4) is 16.9 Å². The van der Waals surface area contributed by atoms with Crippen molar-refractivity contribution in [2.75, 3.05) is 44.9 Å². The van der Waals surface area contributed by atoms with E-state index in [1.807, 2.05) is 38.4 Å². The van der Waals surface area contributed by atoms with Gasteiger partial charge in [0.1, 0.15) is 17.4 Å². The third kappa shape index (κ3) is 5.81. The largest absolute Gasteiger partial charge is 0.497 e. The molecule has 30 heavy (non-hydrogen) atoms. The number of benzene rings is 2. The highest BCUT2D eigenvalue weighted by molar-refractivity contribution is 6.31. The van der Waals surface area contributed by atoms with Crippen LogP contribution in [-0.4, -0.2) is 49.2 Å². The summed E-state index contributed by atoms with van der Waals surface area (Å²) in [4.78, 5) is 11.2. The lowest BCUT2D eigenvalue weighted by molar-refractivity contribution is 0.405.